The fourth-order valence-electron chi connectivity index (χ4n) is 5.86. The third-order valence-electron chi connectivity index (χ3n) is 7.11. The number of fused-ring (bicyclic) bond motifs is 2. The van der Waals surface area contributed by atoms with Gasteiger partial charge in [0.1, 0.15) is 5.56 Å². The molecule has 4 aliphatic rings. The molecule has 1 N–H and O–H groups in total. The molecule has 7 unspecified atom stereocenters. The number of aliphatic hydroxyl groups excluding tert-OH is 1. The summed E-state index contributed by atoms with van der Waals surface area (Å²) in [7, 11) is 0. The van der Waals surface area contributed by atoms with Gasteiger partial charge in [-0.1, -0.05) is 60.2 Å². The molecular formula is C22H29ClO. The molecule has 24 heavy (non-hydrogen) atoms. The third kappa shape index (κ3) is 3.18. The summed E-state index contributed by atoms with van der Waals surface area (Å²) in [5.74, 6) is 4.33. The number of hydrogen-bond acceptors (Lipinski definition) is 1. The Morgan fingerprint density at radius 2 is 1.42 bits per heavy atom. The summed E-state index contributed by atoms with van der Waals surface area (Å²) in [4.78, 5) is 0. The van der Waals surface area contributed by atoms with Crippen LogP contribution in [0.4, 0.5) is 0 Å². The highest BCUT2D eigenvalue weighted by molar-refractivity contribution is 6.19. The Balaban J connectivity index is 1.44. The Hall–Kier alpha value is -0.790. The average molecular weight is 345 g/mol. The van der Waals surface area contributed by atoms with Gasteiger partial charge in [0, 0.05) is 5.92 Å². The Labute approximate surface area is 151 Å². The van der Waals surface area contributed by atoms with Crippen molar-refractivity contribution < 1.29 is 5.11 Å². The van der Waals surface area contributed by atoms with Crippen molar-refractivity contribution >= 4 is 11.6 Å². The lowest BCUT2D eigenvalue weighted by atomic mass is 9.63. The van der Waals surface area contributed by atoms with Gasteiger partial charge >= 0.3 is 0 Å². The van der Waals surface area contributed by atoms with Gasteiger partial charge in [0.25, 0.3) is 0 Å². The number of alkyl halides is 1. The molecule has 130 valence electrons. The molecule has 0 amide bonds. The number of allylic oxidation sites excluding steroid dienone is 8. The van der Waals surface area contributed by atoms with Crippen molar-refractivity contribution in [3.05, 3.63) is 48.6 Å². The summed E-state index contributed by atoms with van der Waals surface area (Å²) in [6.07, 6.45) is 25.8. The summed E-state index contributed by atoms with van der Waals surface area (Å²) >= 11 is 6.18. The van der Waals surface area contributed by atoms with E-state index < -0.39 is 5.56 Å². The van der Waals surface area contributed by atoms with Crippen molar-refractivity contribution in [3.63, 3.8) is 0 Å². The lowest BCUT2D eigenvalue weighted by molar-refractivity contribution is 0.0537. The van der Waals surface area contributed by atoms with Crippen molar-refractivity contribution in [1.82, 2.24) is 0 Å². The zero-order valence-electron chi connectivity index (χ0n) is 14.3. The first kappa shape index (κ1) is 16.7. The molecule has 2 heteroatoms. The molecule has 0 aromatic carbocycles. The second-order valence-electron chi connectivity index (χ2n) is 8.21. The summed E-state index contributed by atoms with van der Waals surface area (Å²) in [5, 5.41) is 10.1. The maximum Gasteiger partial charge on any atom is 0.131 e. The van der Waals surface area contributed by atoms with Crippen molar-refractivity contribution in [2.45, 2.75) is 44.1 Å². The minimum Gasteiger partial charge on any atom is -0.377 e. The Morgan fingerprint density at radius 3 is 2.17 bits per heavy atom. The molecule has 4 rings (SSSR count). The van der Waals surface area contributed by atoms with Crippen molar-refractivity contribution in [1.29, 1.82) is 0 Å². The highest BCUT2D eigenvalue weighted by atomic mass is 35.5. The fourth-order valence-corrected chi connectivity index (χ4v) is 6.17. The van der Waals surface area contributed by atoms with Gasteiger partial charge in [-0.25, -0.2) is 0 Å². The van der Waals surface area contributed by atoms with Crippen LogP contribution in [0.1, 0.15) is 38.5 Å². The van der Waals surface area contributed by atoms with Crippen molar-refractivity contribution in [3.8, 4) is 0 Å². The standard InChI is InChI=1S/C22H29ClO/c23-22(24)21-14-12-16-6-2-4-8-19(16)20(21)13-11-17-10-9-15-5-1-3-7-18(15)17/h1-8,15-22,24H,9-14H2/t15?,16?,17?,18?,19?,20?,21-,22?/m0/s1. The molecule has 4 aliphatic carbocycles. The summed E-state index contributed by atoms with van der Waals surface area (Å²) in [6, 6.07) is 0. The van der Waals surface area contributed by atoms with E-state index in [0.717, 1.165) is 30.6 Å². The second-order valence-corrected chi connectivity index (χ2v) is 8.66. The van der Waals surface area contributed by atoms with Crippen LogP contribution >= 0.6 is 11.6 Å². The minimum atomic E-state index is -0.691. The highest BCUT2D eigenvalue weighted by Crippen LogP contribution is 2.49. The highest BCUT2D eigenvalue weighted by Gasteiger charge is 2.41. The van der Waals surface area contributed by atoms with E-state index in [-0.39, 0.29) is 5.92 Å². The first-order valence-electron chi connectivity index (χ1n) is 9.76. The van der Waals surface area contributed by atoms with E-state index in [9.17, 15) is 5.11 Å². The van der Waals surface area contributed by atoms with E-state index in [0.29, 0.717) is 17.8 Å². The smallest absolute Gasteiger partial charge is 0.131 e. The second kappa shape index (κ2) is 7.22. The van der Waals surface area contributed by atoms with Crippen LogP contribution < -0.4 is 0 Å². The average Bonchev–Trinajstić information content (AvgIpc) is 3.02. The number of rotatable bonds is 4. The predicted molar refractivity (Wildman–Crippen MR) is 101 cm³/mol. The topological polar surface area (TPSA) is 20.2 Å². The zero-order valence-corrected chi connectivity index (χ0v) is 15.1. The van der Waals surface area contributed by atoms with E-state index >= 15 is 0 Å². The SMILES string of the molecule is OC(Cl)[C@H]1CCC2C=CC=CC2C1CCC1CCC2C=CC=CC21. The molecule has 1 nitrogen and oxygen atoms in total. The van der Waals surface area contributed by atoms with Crippen molar-refractivity contribution in [2.24, 2.45) is 41.4 Å². The summed E-state index contributed by atoms with van der Waals surface area (Å²) in [6.45, 7) is 0. The molecule has 0 spiro atoms. The van der Waals surface area contributed by atoms with Gasteiger partial charge in [-0.3, -0.25) is 0 Å². The quantitative estimate of drug-likeness (QED) is 0.670. The van der Waals surface area contributed by atoms with E-state index in [4.69, 9.17) is 11.6 Å². The van der Waals surface area contributed by atoms with Crippen LogP contribution in [0.25, 0.3) is 0 Å². The molecule has 0 heterocycles. The van der Waals surface area contributed by atoms with Crippen LogP contribution in [-0.4, -0.2) is 10.7 Å². The van der Waals surface area contributed by atoms with Crippen LogP contribution in [0.15, 0.2) is 48.6 Å². The Morgan fingerprint density at radius 1 is 0.792 bits per heavy atom. The maximum absolute atomic E-state index is 10.1. The largest absolute Gasteiger partial charge is 0.377 e. The molecule has 0 aromatic heterocycles. The predicted octanol–water partition coefficient (Wildman–Crippen LogP) is 5.48. The van der Waals surface area contributed by atoms with E-state index in [1.54, 1.807) is 0 Å². The minimum absolute atomic E-state index is 0.253. The van der Waals surface area contributed by atoms with Crippen LogP contribution in [-0.2, 0) is 0 Å². The van der Waals surface area contributed by atoms with E-state index in [2.05, 4.69) is 48.6 Å². The molecular weight excluding hydrogens is 316 g/mol. The molecule has 8 atom stereocenters. The lowest BCUT2D eigenvalue weighted by Gasteiger charge is -2.43. The fraction of sp³-hybridized carbons (Fsp3) is 0.636. The normalized spacial score (nSPS) is 44.3. The monoisotopic (exact) mass is 344 g/mol. The van der Waals surface area contributed by atoms with Gasteiger partial charge in [-0.05, 0) is 74.0 Å². The van der Waals surface area contributed by atoms with Crippen LogP contribution in [0, 0.1) is 41.4 Å². The third-order valence-corrected chi connectivity index (χ3v) is 7.43. The first-order valence-corrected chi connectivity index (χ1v) is 10.2. The Kier molecular flexibility index (Phi) is 5.01. The molecule has 0 radical (unpaired) electrons. The van der Waals surface area contributed by atoms with Gasteiger partial charge < -0.3 is 5.11 Å². The van der Waals surface area contributed by atoms with Gasteiger partial charge in [-0.2, -0.15) is 0 Å². The van der Waals surface area contributed by atoms with E-state index in [1.165, 1.54) is 25.7 Å². The number of aliphatic hydroxyl groups is 1. The maximum atomic E-state index is 10.1. The Bertz CT molecular complexity index is 558. The van der Waals surface area contributed by atoms with Crippen LogP contribution in [0.2, 0.25) is 0 Å². The van der Waals surface area contributed by atoms with Crippen LogP contribution in [0.5, 0.6) is 0 Å². The molecule has 0 saturated heterocycles. The summed E-state index contributed by atoms with van der Waals surface area (Å²) < 4.78 is 0. The zero-order chi connectivity index (χ0) is 16.5. The van der Waals surface area contributed by atoms with Crippen molar-refractivity contribution in [2.75, 3.05) is 0 Å². The molecule has 2 saturated carbocycles. The van der Waals surface area contributed by atoms with Crippen LogP contribution in [0.3, 0.4) is 0 Å². The van der Waals surface area contributed by atoms with Gasteiger partial charge in [-0.15, -0.1) is 0 Å². The molecule has 0 aliphatic heterocycles. The van der Waals surface area contributed by atoms with E-state index in [1.807, 2.05) is 0 Å². The lowest BCUT2D eigenvalue weighted by Crippen LogP contribution is -2.38. The summed E-state index contributed by atoms with van der Waals surface area (Å²) in [5.41, 5.74) is -0.691. The van der Waals surface area contributed by atoms with Gasteiger partial charge in [0.15, 0.2) is 0 Å². The molecule has 2 fully saturated rings. The molecule has 0 bridgehead atoms. The van der Waals surface area contributed by atoms with Gasteiger partial charge in [0.05, 0.1) is 0 Å². The van der Waals surface area contributed by atoms with Gasteiger partial charge in [0.2, 0.25) is 0 Å². The number of halogens is 1. The first-order chi connectivity index (χ1) is 11.7. The molecule has 0 aromatic rings. The number of hydrogen-bond donors (Lipinski definition) is 1.